The Bertz CT molecular complexity index is 716. The van der Waals surface area contributed by atoms with Gasteiger partial charge in [-0.25, -0.2) is 4.79 Å². The van der Waals surface area contributed by atoms with Crippen LogP contribution in [0.15, 0.2) is 33.3 Å². The van der Waals surface area contributed by atoms with Crippen molar-refractivity contribution in [2.24, 2.45) is 0 Å². The smallest absolute Gasteiger partial charge is 0.377 e. The van der Waals surface area contributed by atoms with E-state index in [0.717, 1.165) is 5.39 Å². The Kier molecular flexibility index (Phi) is 2.30. The molecule has 3 rings (SSSR count). The Labute approximate surface area is 100 Å². The van der Waals surface area contributed by atoms with Crippen molar-refractivity contribution in [3.63, 3.8) is 0 Å². The number of carboxylic acid groups (broad SMARTS) is 1. The van der Waals surface area contributed by atoms with E-state index in [9.17, 15) is 4.79 Å². The molecule has 3 aromatic rings. The molecule has 0 fully saturated rings. The van der Waals surface area contributed by atoms with Crippen LogP contribution in [0.4, 0.5) is 0 Å². The van der Waals surface area contributed by atoms with Gasteiger partial charge in [0.05, 0.1) is 6.42 Å². The van der Waals surface area contributed by atoms with Crippen LogP contribution >= 0.6 is 0 Å². The number of aromatic carboxylic acids is 1. The van der Waals surface area contributed by atoms with Crippen molar-refractivity contribution < 1.29 is 18.9 Å². The van der Waals surface area contributed by atoms with Crippen LogP contribution in [-0.4, -0.2) is 26.4 Å². The Morgan fingerprint density at radius 1 is 1.22 bits per heavy atom. The standard InChI is InChI=1S/C11H7N3O4/c15-11(16)10-12-9(18-14-10)5-7-6-3-1-2-4-8(6)17-13-7/h1-4H,5H2,(H,15,16). The minimum absolute atomic E-state index is 0.187. The number of rotatable bonds is 3. The number of para-hydroxylation sites is 1. The molecule has 0 aliphatic carbocycles. The predicted octanol–water partition coefficient (Wildman–Crippen LogP) is 1.50. The highest BCUT2D eigenvalue weighted by atomic mass is 16.5. The third-order valence-electron chi connectivity index (χ3n) is 2.43. The molecule has 1 N–H and O–H groups in total. The molecular weight excluding hydrogens is 238 g/mol. The molecule has 0 amide bonds. The van der Waals surface area contributed by atoms with Crippen LogP contribution in [0.25, 0.3) is 11.0 Å². The lowest BCUT2D eigenvalue weighted by atomic mass is 10.2. The molecular formula is C11H7N3O4. The molecule has 0 spiro atoms. The normalized spacial score (nSPS) is 10.9. The van der Waals surface area contributed by atoms with Gasteiger partial charge in [0.2, 0.25) is 5.89 Å². The molecule has 0 saturated carbocycles. The van der Waals surface area contributed by atoms with Crippen LogP contribution in [0.5, 0.6) is 0 Å². The summed E-state index contributed by atoms with van der Waals surface area (Å²) >= 11 is 0. The van der Waals surface area contributed by atoms with Gasteiger partial charge in [-0.15, -0.1) is 0 Å². The summed E-state index contributed by atoms with van der Waals surface area (Å²) in [7, 11) is 0. The lowest BCUT2D eigenvalue weighted by Crippen LogP contribution is -1.99. The number of aromatic nitrogens is 3. The second-order valence-electron chi connectivity index (χ2n) is 3.62. The van der Waals surface area contributed by atoms with E-state index in [4.69, 9.17) is 14.2 Å². The maximum Gasteiger partial charge on any atom is 0.377 e. The fourth-order valence-electron chi connectivity index (χ4n) is 1.62. The van der Waals surface area contributed by atoms with Gasteiger partial charge in [-0.05, 0) is 17.3 Å². The average Bonchev–Trinajstić information content (AvgIpc) is 2.98. The van der Waals surface area contributed by atoms with Crippen LogP contribution < -0.4 is 0 Å². The minimum Gasteiger partial charge on any atom is -0.475 e. The second-order valence-corrected chi connectivity index (χ2v) is 3.62. The van der Waals surface area contributed by atoms with Gasteiger partial charge in [-0.1, -0.05) is 17.3 Å². The summed E-state index contributed by atoms with van der Waals surface area (Å²) in [6, 6.07) is 7.35. The number of fused-ring (bicyclic) bond motifs is 1. The highest BCUT2D eigenvalue weighted by Gasteiger charge is 2.16. The van der Waals surface area contributed by atoms with Gasteiger partial charge in [0.25, 0.3) is 5.82 Å². The van der Waals surface area contributed by atoms with E-state index in [0.29, 0.717) is 11.3 Å². The summed E-state index contributed by atoms with van der Waals surface area (Å²) in [4.78, 5) is 14.3. The average molecular weight is 245 g/mol. The largest absolute Gasteiger partial charge is 0.475 e. The zero-order valence-corrected chi connectivity index (χ0v) is 9.03. The van der Waals surface area contributed by atoms with Crippen molar-refractivity contribution in [2.75, 3.05) is 0 Å². The van der Waals surface area contributed by atoms with Crippen molar-refractivity contribution in [1.29, 1.82) is 0 Å². The van der Waals surface area contributed by atoms with Gasteiger partial charge in [0.1, 0.15) is 5.69 Å². The number of carboxylic acids is 1. The van der Waals surface area contributed by atoms with E-state index in [1.165, 1.54) is 0 Å². The van der Waals surface area contributed by atoms with Gasteiger partial charge in [0.15, 0.2) is 5.58 Å². The topological polar surface area (TPSA) is 102 Å². The Hall–Kier alpha value is -2.70. The fourth-order valence-corrected chi connectivity index (χ4v) is 1.62. The van der Waals surface area contributed by atoms with Crippen molar-refractivity contribution in [3.05, 3.63) is 41.7 Å². The van der Waals surface area contributed by atoms with E-state index in [2.05, 4.69) is 15.3 Å². The highest BCUT2D eigenvalue weighted by molar-refractivity contribution is 5.82. The first-order chi connectivity index (χ1) is 8.74. The lowest BCUT2D eigenvalue weighted by molar-refractivity contribution is 0.0680. The molecule has 90 valence electrons. The maximum absolute atomic E-state index is 10.6. The van der Waals surface area contributed by atoms with Crippen LogP contribution in [0.2, 0.25) is 0 Å². The van der Waals surface area contributed by atoms with Gasteiger partial charge < -0.3 is 14.2 Å². The molecule has 0 saturated heterocycles. The van der Waals surface area contributed by atoms with E-state index in [1.54, 1.807) is 6.07 Å². The number of benzene rings is 1. The van der Waals surface area contributed by atoms with Gasteiger partial charge in [-0.2, -0.15) is 4.98 Å². The lowest BCUT2D eigenvalue weighted by Gasteiger charge is -1.89. The number of hydrogen-bond acceptors (Lipinski definition) is 6. The molecule has 18 heavy (non-hydrogen) atoms. The van der Waals surface area contributed by atoms with Crippen LogP contribution in [0.1, 0.15) is 22.2 Å². The molecule has 0 aliphatic heterocycles. The maximum atomic E-state index is 10.6. The van der Waals surface area contributed by atoms with Crippen molar-refractivity contribution in [2.45, 2.75) is 6.42 Å². The number of nitrogens with zero attached hydrogens (tertiary/aromatic N) is 3. The van der Waals surface area contributed by atoms with Crippen molar-refractivity contribution >= 4 is 16.9 Å². The molecule has 7 heteroatoms. The molecule has 0 unspecified atom stereocenters. The Morgan fingerprint density at radius 3 is 2.83 bits per heavy atom. The van der Waals surface area contributed by atoms with E-state index in [1.807, 2.05) is 18.2 Å². The molecule has 0 atom stereocenters. The third kappa shape index (κ3) is 1.71. The Morgan fingerprint density at radius 2 is 2.06 bits per heavy atom. The first kappa shape index (κ1) is 10.5. The van der Waals surface area contributed by atoms with Crippen LogP contribution in [0.3, 0.4) is 0 Å². The summed E-state index contributed by atoms with van der Waals surface area (Å²) in [5.74, 6) is -1.40. The van der Waals surface area contributed by atoms with Gasteiger partial charge in [-0.3, -0.25) is 0 Å². The summed E-state index contributed by atoms with van der Waals surface area (Å²) in [6.07, 6.45) is 0.233. The second kappa shape index (κ2) is 3.95. The van der Waals surface area contributed by atoms with Crippen LogP contribution in [0, 0.1) is 0 Å². The zero-order chi connectivity index (χ0) is 12.5. The quantitative estimate of drug-likeness (QED) is 0.745. The molecule has 0 bridgehead atoms. The third-order valence-corrected chi connectivity index (χ3v) is 2.43. The van der Waals surface area contributed by atoms with Crippen LogP contribution in [-0.2, 0) is 6.42 Å². The zero-order valence-electron chi connectivity index (χ0n) is 9.03. The first-order valence-corrected chi connectivity index (χ1v) is 5.13. The fraction of sp³-hybridized carbons (Fsp3) is 0.0909. The molecule has 2 heterocycles. The number of hydrogen-bond donors (Lipinski definition) is 1. The predicted molar refractivity (Wildman–Crippen MR) is 58.1 cm³/mol. The monoisotopic (exact) mass is 245 g/mol. The highest BCUT2D eigenvalue weighted by Crippen LogP contribution is 2.19. The van der Waals surface area contributed by atoms with Gasteiger partial charge >= 0.3 is 5.97 Å². The Balaban J connectivity index is 1.93. The van der Waals surface area contributed by atoms with E-state index >= 15 is 0 Å². The molecule has 2 aromatic heterocycles. The molecule has 0 aliphatic rings. The summed E-state index contributed by atoms with van der Waals surface area (Å²) in [5, 5.41) is 16.7. The van der Waals surface area contributed by atoms with Gasteiger partial charge in [0, 0.05) is 5.39 Å². The van der Waals surface area contributed by atoms with E-state index < -0.39 is 5.97 Å². The van der Waals surface area contributed by atoms with Crippen molar-refractivity contribution in [3.8, 4) is 0 Å². The number of carbonyl (C=O) groups is 1. The minimum atomic E-state index is -1.23. The van der Waals surface area contributed by atoms with E-state index in [-0.39, 0.29) is 18.1 Å². The summed E-state index contributed by atoms with van der Waals surface area (Å²) in [5.41, 5.74) is 1.29. The molecule has 0 radical (unpaired) electrons. The van der Waals surface area contributed by atoms with Crippen molar-refractivity contribution in [1.82, 2.24) is 15.3 Å². The SMILES string of the molecule is O=C(O)c1noc(Cc2noc3ccccc23)n1. The molecule has 1 aromatic carbocycles. The first-order valence-electron chi connectivity index (χ1n) is 5.13. The summed E-state index contributed by atoms with van der Waals surface area (Å²) < 4.78 is 9.94. The molecule has 7 nitrogen and oxygen atoms in total. The summed E-state index contributed by atoms with van der Waals surface area (Å²) in [6.45, 7) is 0.